The number of fused-ring (bicyclic) bond motifs is 1. The van der Waals surface area contributed by atoms with Gasteiger partial charge in [-0.2, -0.15) is 0 Å². The van der Waals surface area contributed by atoms with Gasteiger partial charge in [-0.25, -0.2) is 22.2 Å². The van der Waals surface area contributed by atoms with Crippen LogP contribution in [0.1, 0.15) is 5.82 Å². The number of hydrogen-bond acceptors (Lipinski definition) is 5. The van der Waals surface area contributed by atoms with Crippen molar-refractivity contribution in [2.24, 2.45) is 5.73 Å². The van der Waals surface area contributed by atoms with Crippen molar-refractivity contribution in [3.8, 4) is 0 Å². The van der Waals surface area contributed by atoms with Gasteiger partial charge in [0, 0.05) is 6.26 Å². The number of nitrogens with one attached hydrogen (secondary N) is 1. The molecule has 0 saturated heterocycles. The van der Waals surface area contributed by atoms with Crippen LogP contribution in [0.3, 0.4) is 0 Å². The predicted octanol–water partition coefficient (Wildman–Crippen LogP) is 1.13. The molecule has 0 aliphatic heterocycles. The van der Waals surface area contributed by atoms with E-state index in [0.717, 1.165) is 6.26 Å². The van der Waals surface area contributed by atoms with Crippen molar-refractivity contribution in [1.82, 2.24) is 14.9 Å². The third-order valence-corrected chi connectivity index (χ3v) is 4.05. The molecule has 0 saturated carbocycles. The molecule has 2 aromatic rings. The van der Waals surface area contributed by atoms with Crippen LogP contribution >= 0.6 is 24.8 Å². The average molecular weight is 433 g/mol. The summed E-state index contributed by atoms with van der Waals surface area (Å²) in [5.74, 6) is -4.05. The summed E-state index contributed by atoms with van der Waals surface area (Å²) in [6.45, 7) is -2.07. The van der Waals surface area contributed by atoms with Crippen LogP contribution in [-0.4, -0.2) is 49.1 Å². The second kappa shape index (κ2) is 9.45. The lowest BCUT2D eigenvalue weighted by atomic mass is 10.3. The molecule has 0 fully saturated rings. The molecule has 1 amide bonds. The summed E-state index contributed by atoms with van der Waals surface area (Å²) in [5, 5.41) is 2.10. The number of aromatic nitrogens is 2. The first-order valence-corrected chi connectivity index (χ1v) is 9.14. The van der Waals surface area contributed by atoms with Crippen LogP contribution in [0.2, 0.25) is 0 Å². The normalized spacial score (nSPS) is 11.5. The van der Waals surface area contributed by atoms with E-state index in [-0.39, 0.29) is 42.9 Å². The van der Waals surface area contributed by atoms with E-state index in [0.29, 0.717) is 11.0 Å². The van der Waals surface area contributed by atoms with Gasteiger partial charge in [-0.15, -0.1) is 24.8 Å². The van der Waals surface area contributed by atoms with E-state index < -0.39 is 34.8 Å². The molecule has 12 heteroatoms. The maximum atomic E-state index is 13.1. The maximum Gasteiger partial charge on any atom is 0.277 e. The van der Waals surface area contributed by atoms with Crippen LogP contribution in [0.25, 0.3) is 11.0 Å². The standard InChI is InChI=1S/C14H18F2N4O3S.2ClH/c1-24(22,23)7-12-19-10-4-2-3-5-11(10)20(12)6-13(21)18-9-14(15,16)8-17;;/h2-5H,6-9,17H2,1H3,(H,18,21);2*1H. The van der Waals surface area contributed by atoms with Crippen molar-refractivity contribution < 1.29 is 22.0 Å². The predicted molar refractivity (Wildman–Crippen MR) is 99.8 cm³/mol. The van der Waals surface area contributed by atoms with E-state index in [2.05, 4.69) is 10.3 Å². The van der Waals surface area contributed by atoms with Crippen molar-refractivity contribution in [3.63, 3.8) is 0 Å². The van der Waals surface area contributed by atoms with Crippen molar-refractivity contribution in [3.05, 3.63) is 30.1 Å². The second-order valence-corrected chi connectivity index (χ2v) is 7.65. The number of carbonyl (C=O) groups is 1. The van der Waals surface area contributed by atoms with Gasteiger partial charge in [0.1, 0.15) is 18.1 Å². The lowest BCUT2D eigenvalue weighted by Gasteiger charge is -2.15. The lowest BCUT2D eigenvalue weighted by Crippen LogP contribution is -2.42. The molecule has 1 heterocycles. The summed E-state index contributed by atoms with van der Waals surface area (Å²) in [6.07, 6.45) is 1.05. The number of nitrogens with zero attached hydrogens (tertiary/aromatic N) is 2. The molecule has 0 radical (unpaired) electrons. The zero-order chi connectivity index (χ0) is 18.0. The monoisotopic (exact) mass is 432 g/mol. The van der Waals surface area contributed by atoms with Crippen LogP contribution in [-0.2, 0) is 26.9 Å². The Morgan fingerprint density at radius 1 is 1.31 bits per heavy atom. The Bertz CT molecular complexity index is 859. The minimum absolute atomic E-state index is 0. The lowest BCUT2D eigenvalue weighted by molar-refractivity contribution is -0.123. The fourth-order valence-corrected chi connectivity index (χ4v) is 2.84. The molecule has 3 N–H and O–H groups in total. The van der Waals surface area contributed by atoms with Crippen LogP contribution in [0.4, 0.5) is 8.78 Å². The van der Waals surface area contributed by atoms with Gasteiger partial charge in [0.25, 0.3) is 5.92 Å². The zero-order valence-corrected chi connectivity index (χ0v) is 16.3. The molecular formula is C14H20Cl2F2N4O3S. The van der Waals surface area contributed by atoms with Crippen molar-refractivity contribution in [2.45, 2.75) is 18.2 Å². The number of nitrogens with two attached hydrogens (primary N) is 1. The van der Waals surface area contributed by atoms with Gasteiger partial charge in [0.15, 0.2) is 9.84 Å². The molecule has 0 bridgehead atoms. The fourth-order valence-electron chi connectivity index (χ4n) is 2.15. The fraction of sp³-hybridized carbons (Fsp3) is 0.429. The molecule has 148 valence electrons. The summed E-state index contributed by atoms with van der Waals surface area (Å²) in [5.41, 5.74) is 5.99. The molecule has 1 aromatic carbocycles. The number of benzene rings is 1. The topological polar surface area (TPSA) is 107 Å². The Morgan fingerprint density at radius 3 is 2.50 bits per heavy atom. The van der Waals surface area contributed by atoms with E-state index >= 15 is 0 Å². The Balaban J connectivity index is 0.00000312. The van der Waals surface area contributed by atoms with E-state index in [4.69, 9.17) is 5.73 Å². The first-order valence-electron chi connectivity index (χ1n) is 7.08. The van der Waals surface area contributed by atoms with Gasteiger partial charge in [0.05, 0.1) is 24.1 Å². The highest BCUT2D eigenvalue weighted by Crippen LogP contribution is 2.17. The highest BCUT2D eigenvalue weighted by Gasteiger charge is 2.27. The van der Waals surface area contributed by atoms with Gasteiger partial charge >= 0.3 is 0 Å². The summed E-state index contributed by atoms with van der Waals surface area (Å²) in [4.78, 5) is 16.2. The second-order valence-electron chi connectivity index (χ2n) is 5.51. The molecule has 26 heavy (non-hydrogen) atoms. The minimum atomic E-state index is -3.37. The van der Waals surface area contributed by atoms with Gasteiger partial charge < -0.3 is 15.6 Å². The van der Waals surface area contributed by atoms with Crippen LogP contribution < -0.4 is 11.1 Å². The molecule has 0 spiro atoms. The van der Waals surface area contributed by atoms with Crippen molar-refractivity contribution in [2.75, 3.05) is 19.3 Å². The van der Waals surface area contributed by atoms with E-state index in [9.17, 15) is 22.0 Å². The Hall–Kier alpha value is -1.49. The third kappa shape index (κ3) is 6.67. The summed E-state index contributed by atoms with van der Waals surface area (Å²) in [6, 6.07) is 6.80. The number of imidazole rings is 1. The van der Waals surface area contributed by atoms with Crippen molar-refractivity contribution in [1.29, 1.82) is 0 Å². The number of hydrogen-bond donors (Lipinski definition) is 2. The molecule has 0 aliphatic carbocycles. The van der Waals surface area contributed by atoms with Gasteiger partial charge in [-0.3, -0.25) is 4.79 Å². The number of alkyl halides is 2. The largest absolute Gasteiger partial charge is 0.348 e. The molecule has 1 aromatic heterocycles. The Labute approximate surface area is 162 Å². The van der Waals surface area contributed by atoms with Crippen LogP contribution in [0, 0.1) is 0 Å². The average Bonchev–Trinajstić information content (AvgIpc) is 2.81. The summed E-state index contributed by atoms with van der Waals surface area (Å²) < 4.78 is 50.7. The Kier molecular flexibility index (Phi) is 8.91. The van der Waals surface area contributed by atoms with Gasteiger partial charge in [-0.05, 0) is 12.1 Å². The molecule has 7 nitrogen and oxygen atoms in total. The number of carbonyl (C=O) groups excluding carboxylic acids is 1. The molecule has 0 atom stereocenters. The third-order valence-electron chi connectivity index (χ3n) is 3.27. The summed E-state index contributed by atoms with van der Waals surface area (Å²) in [7, 11) is -3.37. The first kappa shape index (κ1) is 24.5. The number of sulfone groups is 1. The van der Waals surface area contributed by atoms with E-state index in [1.54, 1.807) is 24.3 Å². The first-order chi connectivity index (χ1) is 11.1. The smallest absolute Gasteiger partial charge is 0.277 e. The molecule has 2 rings (SSSR count). The van der Waals surface area contributed by atoms with Crippen LogP contribution in [0.15, 0.2) is 24.3 Å². The Morgan fingerprint density at radius 2 is 1.92 bits per heavy atom. The zero-order valence-electron chi connectivity index (χ0n) is 13.8. The van der Waals surface area contributed by atoms with E-state index in [1.165, 1.54) is 4.57 Å². The van der Waals surface area contributed by atoms with Crippen LogP contribution in [0.5, 0.6) is 0 Å². The number of amides is 1. The quantitative estimate of drug-likeness (QED) is 0.681. The number of rotatable bonds is 7. The number of halogens is 4. The SMILES string of the molecule is CS(=O)(=O)Cc1nc2ccccc2n1CC(=O)NCC(F)(F)CN.Cl.Cl. The molecule has 0 aliphatic rings. The molecular weight excluding hydrogens is 413 g/mol. The minimum Gasteiger partial charge on any atom is -0.348 e. The van der Waals surface area contributed by atoms with E-state index in [1.807, 2.05) is 0 Å². The van der Waals surface area contributed by atoms with Crippen molar-refractivity contribution >= 4 is 51.6 Å². The molecule has 0 unspecified atom stereocenters. The number of para-hydroxylation sites is 2. The highest BCUT2D eigenvalue weighted by atomic mass is 35.5. The van der Waals surface area contributed by atoms with Gasteiger partial charge in [0.2, 0.25) is 5.91 Å². The van der Waals surface area contributed by atoms with Gasteiger partial charge in [-0.1, -0.05) is 12.1 Å². The maximum absolute atomic E-state index is 13.1. The summed E-state index contributed by atoms with van der Waals surface area (Å²) >= 11 is 0. The highest BCUT2D eigenvalue weighted by molar-refractivity contribution is 7.89.